The Balaban J connectivity index is 0.00000288. The number of rotatable bonds is 5. The smallest absolute Gasteiger partial charge is 0.851 e. The van der Waals surface area contributed by atoms with Crippen LogP contribution < -0.4 is 10.2 Å². The molecule has 0 radical (unpaired) electrons. The topological polar surface area (TPSA) is 195 Å². The molecule has 0 saturated carbocycles. The predicted molar refractivity (Wildman–Crippen MR) is 70.0 cm³/mol. The molecule has 0 amide bonds. The first kappa shape index (κ1) is 22.9. The minimum atomic E-state index is -2.29. The SMILES string of the molecule is [Ca+2].[O-][C@@H]1[C@@H](O[C@@]2(CO)O[C@H](CO)[C@@H](O)[C@@H]2O)O[C@@H](CO)[C@@H](O)[C@@H]1[O-]. The summed E-state index contributed by atoms with van der Waals surface area (Å²) >= 11 is 0. The zero-order chi connectivity index (χ0) is 17.4. The Hall–Kier alpha value is 0.820. The van der Waals surface area contributed by atoms with Crippen molar-refractivity contribution in [2.75, 3.05) is 19.8 Å². The molecule has 2 rings (SSSR count). The van der Waals surface area contributed by atoms with Crippen molar-refractivity contribution in [3.63, 3.8) is 0 Å². The summed E-state index contributed by atoms with van der Waals surface area (Å²) in [6, 6.07) is 0. The van der Waals surface area contributed by atoms with Gasteiger partial charge in [-0.15, -0.1) is 6.10 Å². The van der Waals surface area contributed by atoms with E-state index in [1.165, 1.54) is 0 Å². The van der Waals surface area contributed by atoms with E-state index >= 15 is 0 Å². The summed E-state index contributed by atoms with van der Waals surface area (Å²) in [5, 5.41) is 80.4. The minimum absolute atomic E-state index is 0. The third kappa shape index (κ3) is 4.05. The Morgan fingerprint density at radius 2 is 1.50 bits per heavy atom. The van der Waals surface area contributed by atoms with E-state index in [-0.39, 0.29) is 37.7 Å². The van der Waals surface area contributed by atoms with Gasteiger partial charge in [0.15, 0.2) is 0 Å². The fraction of sp³-hybridized carbons (Fsp3) is 1.00. The largest absolute Gasteiger partial charge is 2.00 e. The molecule has 2 aliphatic heterocycles. The molecule has 2 saturated heterocycles. The van der Waals surface area contributed by atoms with Crippen molar-refractivity contribution in [3.8, 4) is 0 Å². The fourth-order valence-electron chi connectivity index (χ4n) is 2.60. The molecule has 0 bridgehead atoms. The first-order valence-electron chi connectivity index (χ1n) is 7.00. The van der Waals surface area contributed by atoms with Gasteiger partial charge in [-0.25, -0.2) is 0 Å². The summed E-state index contributed by atoms with van der Waals surface area (Å²) in [5.74, 6) is -2.29. The summed E-state index contributed by atoms with van der Waals surface area (Å²) < 4.78 is 15.2. The van der Waals surface area contributed by atoms with E-state index in [4.69, 9.17) is 24.4 Å². The molecule has 0 aromatic carbocycles. The Bertz CT molecular complexity index is 399. The van der Waals surface area contributed by atoms with Crippen molar-refractivity contribution in [1.29, 1.82) is 0 Å². The van der Waals surface area contributed by atoms with Gasteiger partial charge in [0.25, 0.3) is 0 Å². The molecule has 24 heavy (non-hydrogen) atoms. The molecule has 0 aromatic rings. The fourth-order valence-corrected chi connectivity index (χ4v) is 2.60. The van der Waals surface area contributed by atoms with E-state index in [0.29, 0.717) is 0 Å². The maximum absolute atomic E-state index is 11.9. The van der Waals surface area contributed by atoms with Crippen molar-refractivity contribution < 1.29 is 55.1 Å². The van der Waals surface area contributed by atoms with Crippen LogP contribution in [0.4, 0.5) is 0 Å². The molecular formula is C12H20CaO11. The molecule has 0 spiro atoms. The van der Waals surface area contributed by atoms with E-state index in [1.807, 2.05) is 0 Å². The van der Waals surface area contributed by atoms with Gasteiger partial charge in [-0.2, -0.15) is 0 Å². The van der Waals surface area contributed by atoms with E-state index in [0.717, 1.165) is 0 Å². The second-order valence-corrected chi connectivity index (χ2v) is 5.51. The molecular weight excluding hydrogens is 360 g/mol. The van der Waals surface area contributed by atoms with Crippen LogP contribution in [0.3, 0.4) is 0 Å². The van der Waals surface area contributed by atoms with E-state index in [2.05, 4.69) is 0 Å². The summed E-state index contributed by atoms with van der Waals surface area (Å²) in [7, 11) is 0. The zero-order valence-corrected chi connectivity index (χ0v) is 14.9. The maximum atomic E-state index is 11.9. The molecule has 11 nitrogen and oxygen atoms in total. The van der Waals surface area contributed by atoms with Gasteiger partial charge in [0, 0.05) is 0 Å². The number of aliphatic hydroxyl groups is 6. The van der Waals surface area contributed by atoms with Gasteiger partial charge in [0.2, 0.25) is 5.79 Å². The maximum Gasteiger partial charge on any atom is 2.00 e. The Labute approximate surface area is 167 Å². The minimum Gasteiger partial charge on any atom is -0.851 e. The molecule has 0 unspecified atom stereocenters. The third-order valence-corrected chi connectivity index (χ3v) is 4.02. The Morgan fingerprint density at radius 1 is 0.917 bits per heavy atom. The van der Waals surface area contributed by atoms with Crippen LogP contribution in [0.5, 0.6) is 0 Å². The number of aliphatic hydroxyl groups excluding tert-OH is 6. The first-order chi connectivity index (χ1) is 10.8. The molecule has 9 atom stereocenters. The zero-order valence-electron chi connectivity index (χ0n) is 12.7. The standard InChI is InChI=1S/C12H20O11.Ca/c13-1-4-6(16)8(18)9(19)11(21-4)23-12(3-15)10(20)7(17)5(2-14)22-12;/h4-11,13-17,20H,1-3H2;/q-2;+2/t4-,5+,6+,7+,8-,9-,10-,11+,12+;/m0./s1. The summed E-state index contributed by atoms with van der Waals surface area (Å²) in [6.07, 6.45) is -13.9. The summed E-state index contributed by atoms with van der Waals surface area (Å²) in [5.41, 5.74) is 0. The summed E-state index contributed by atoms with van der Waals surface area (Å²) in [6.45, 7) is -2.47. The van der Waals surface area contributed by atoms with Crippen LogP contribution in [-0.4, -0.2) is 143 Å². The van der Waals surface area contributed by atoms with Gasteiger partial charge in [-0.1, -0.05) is 6.10 Å². The van der Waals surface area contributed by atoms with E-state index < -0.39 is 74.6 Å². The number of hydrogen-bond donors (Lipinski definition) is 6. The van der Waals surface area contributed by atoms with Gasteiger partial charge >= 0.3 is 37.7 Å². The van der Waals surface area contributed by atoms with Gasteiger partial charge in [0.1, 0.15) is 37.3 Å². The Morgan fingerprint density at radius 3 is 1.96 bits per heavy atom. The van der Waals surface area contributed by atoms with E-state index in [1.54, 1.807) is 0 Å². The second kappa shape index (κ2) is 9.15. The van der Waals surface area contributed by atoms with Crippen LogP contribution in [0.15, 0.2) is 0 Å². The molecule has 2 aliphatic rings. The van der Waals surface area contributed by atoms with Crippen LogP contribution in [0.2, 0.25) is 0 Å². The van der Waals surface area contributed by atoms with Crippen molar-refractivity contribution >= 4 is 37.7 Å². The number of hydrogen-bond acceptors (Lipinski definition) is 11. The molecule has 0 aromatic heterocycles. The average molecular weight is 380 g/mol. The van der Waals surface area contributed by atoms with Gasteiger partial charge < -0.3 is 55.1 Å². The van der Waals surface area contributed by atoms with Crippen molar-refractivity contribution in [1.82, 2.24) is 0 Å². The molecule has 12 heteroatoms. The van der Waals surface area contributed by atoms with Crippen LogP contribution in [0, 0.1) is 0 Å². The van der Waals surface area contributed by atoms with Crippen LogP contribution in [0.1, 0.15) is 0 Å². The molecule has 2 heterocycles. The average Bonchev–Trinajstić information content (AvgIpc) is 2.80. The molecule has 6 N–H and O–H groups in total. The second-order valence-electron chi connectivity index (χ2n) is 5.51. The molecule has 0 aliphatic carbocycles. The van der Waals surface area contributed by atoms with E-state index in [9.17, 15) is 30.6 Å². The van der Waals surface area contributed by atoms with Crippen LogP contribution >= 0.6 is 0 Å². The van der Waals surface area contributed by atoms with Crippen molar-refractivity contribution in [2.24, 2.45) is 0 Å². The van der Waals surface area contributed by atoms with Crippen molar-refractivity contribution in [3.05, 3.63) is 0 Å². The van der Waals surface area contributed by atoms with Gasteiger partial charge in [0.05, 0.1) is 19.3 Å². The first-order valence-corrected chi connectivity index (χ1v) is 7.00. The monoisotopic (exact) mass is 380 g/mol. The predicted octanol–water partition coefficient (Wildman–Crippen LogP) is -7.04. The quantitative estimate of drug-likeness (QED) is 0.248. The van der Waals surface area contributed by atoms with Gasteiger partial charge in [-0.05, 0) is 0 Å². The molecule has 136 valence electrons. The number of ether oxygens (including phenoxy) is 3. The normalized spacial score (nSPS) is 49.0. The summed E-state index contributed by atoms with van der Waals surface area (Å²) in [4.78, 5) is 0. The van der Waals surface area contributed by atoms with Crippen LogP contribution in [0.25, 0.3) is 0 Å². The molecule has 2 fully saturated rings. The van der Waals surface area contributed by atoms with Crippen molar-refractivity contribution in [2.45, 2.75) is 54.8 Å². The third-order valence-electron chi connectivity index (χ3n) is 4.02. The van der Waals surface area contributed by atoms with Crippen LogP contribution in [-0.2, 0) is 14.2 Å². The Kier molecular flexibility index (Phi) is 8.71. The van der Waals surface area contributed by atoms with Gasteiger partial charge in [-0.3, -0.25) is 0 Å².